The minimum atomic E-state index is -4.11. The van der Waals surface area contributed by atoms with Crippen LogP contribution in [0.25, 0.3) is 0 Å². The van der Waals surface area contributed by atoms with Crippen molar-refractivity contribution < 1.29 is 18.0 Å². The van der Waals surface area contributed by atoms with E-state index in [2.05, 4.69) is 5.32 Å². The summed E-state index contributed by atoms with van der Waals surface area (Å²) in [6, 6.07) is 33.5. The summed E-state index contributed by atoms with van der Waals surface area (Å²) in [4.78, 5) is 30.1. The van der Waals surface area contributed by atoms with Crippen LogP contribution in [-0.4, -0.2) is 43.8 Å². The fourth-order valence-corrected chi connectivity index (χ4v) is 7.10. The molecule has 7 nitrogen and oxygen atoms in total. The van der Waals surface area contributed by atoms with Gasteiger partial charge in [0.15, 0.2) is 0 Å². The van der Waals surface area contributed by atoms with Crippen molar-refractivity contribution in [3.63, 3.8) is 0 Å². The first-order chi connectivity index (χ1) is 21.3. The van der Waals surface area contributed by atoms with Gasteiger partial charge in [0.2, 0.25) is 11.8 Å². The van der Waals surface area contributed by atoms with Gasteiger partial charge >= 0.3 is 0 Å². The Morgan fingerprint density at radius 1 is 0.773 bits per heavy atom. The van der Waals surface area contributed by atoms with E-state index in [-0.39, 0.29) is 23.4 Å². The average Bonchev–Trinajstić information content (AvgIpc) is 3.56. The second-order valence-electron chi connectivity index (χ2n) is 11.4. The molecule has 0 heterocycles. The van der Waals surface area contributed by atoms with Crippen LogP contribution < -0.4 is 9.62 Å². The zero-order chi connectivity index (χ0) is 30.9. The maximum atomic E-state index is 14.5. The highest BCUT2D eigenvalue weighted by atomic mass is 32.2. The third-order valence-electron chi connectivity index (χ3n) is 8.10. The zero-order valence-electron chi connectivity index (χ0n) is 25.0. The Balaban J connectivity index is 1.54. The van der Waals surface area contributed by atoms with E-state index in [4.69, 9.17) is 0 Å². The van der Waals surface area contributed by atoms with E-state index in [0.717, 1.165) is 46.7 Å². The number of amides is 2. The number of carbonyl (C=O) groups is 2. The van der Waals surface area contributed by atoms with E-state index in [0.29, 0.717) is 12.1 Å². The number of anilines is 1. The SMILES string of the molecule is Cc1ccc(N(CC(=O)N(Cc2ccccc2)[C@@H](Cc2ccccc2)C(=O)NC2CCCC2)S(=O)(=O)c2ccccc2)cc1. The second kappa shape index (κ2) is 14.4. The molecule has 1 aliphatic carbocycles. The van der Waals surface area contributed by atoms with Crippen LogP contribution >= 0.6 is 0 Å². The van der Waals surface area contributed by atoms with Gasteiger partial charge < -0.3 is 10.2 Å². The van der Waals surface area contributed by atoms with Gasteiger partial charge in [-0.15, -0.1) is 0 Å². The molecule has 0 radical (unpaired) electrons. The number of hydrogen-bond acceptors (Lipinski definition) is 4. The van der Waals surface area contributed by atoms with Gasteiger partial charge in [-0.1, -0.05) is 109 Å². The topological polar surface area (TPSA) is 86.8 Å². The van der Waals surface area contributed by atoms with Crippen molar-refractivity contribution in [3.8, 4) is 0 Å². The van der Waals surface area contributed by atoms with Crippen molar-refractivity contribution in [1.82, 2.24) is 10.2 Å². The Hall–Kier alpha value is -4.43. The van der Waals surface area contributed by atoms with Crippen LogP contribution in [0.2, 0.25) is 0 Å². The van der Waals surface area contributed by atoms with Gasteiger partial charge in [-0.25, -0.2) is 8.42 Å². The highest BCUT2D eigenvalue weighted by Crippen LogP contribution is 2.26. The number of rotatable bonds is 12. The van der Waals surface area contributed by atoms with Crippen LogP contribution in [0.1, 0.15) is 42.4 Å². The highest BCUT2D eigenvalue weighted by Gasteiger charge is 2.35. The molecule has 5 rings (SSSR count). The maximum Gasteiger partial charge on any atom is 0.264 e. The highest BCUT2D eigenvalue weighted by molar-refractivity contribution is 7.92. The van der Waals surface area contributed by atoms with Crippen LogP contribution in [0, 0.1) is 6.92 Å². The van der Waals surface area contributed by atoms with E-state index in [9.17, 15) is 18.0 Å². The summed E-state index contributed by atoms with van der Waals surface area (Å²) >= 11 is 0. The minimum Gasteiger partial charge on any atom is -0.352 e. The van der Waals surface area contributed by atoms with Gasteiger partial charge in [0.05, 0.1) is 10.6 Å². The standard InChI is InChI=1S/C36H39N3O4S/c1-28-21-23-32(24-22-28)39(44(42,43)33-19-9-4-10-20-33)27-35(40)38(26-30-15-7-3-8-16-30)34(25-29-13-5-2-6-14-29)36(41)37-31-17-11-12-18-31/h2-10,13-16,19-24,31,34H,11-12,17-18,25-27H2,1H3,(H,37,41)/t34-/m0/s1. The van der Waals surface area contributed by atoms with Crippen molar-refractivity contribution in [3.05, 3.63) is 132 Å². The van der Waals surface area contributed by atoms with E-state index < -0.39 is 28.5 Å². The van der Waals surface area contributed by atoms with Gasteiger partial charge in [-0.05, 0) is 55.2 Å². The van der Waals surface area contributed by atoms with Crippen molar-refractivity contribution in [2.75, 3.05) is 10.8 Å². The number of hydrogen-bond donors (Lipinski definition) is 1. The molecule has 1 N–H and O–H groups in total. The van der Waals surface area contributed by atoms with E-state index >= 15 is 0 Å². The number of benzene rings is 4. The summed E-state index contributed by atoms with van der Waals surface area (Å²) in [5, 5.41) is 3.20. The third kappa shape index (κ3) is 7.74. The summed E-state index contributed by atoms with van der Waals surface area (Å²) < 4.78 is 29.2. The molecule has 4 aromatic rings. The van der Waals surface area contributed by atoms with Gasteiger partial charge in [0, 0.05) is 19.0 Å². The van der Waals surface area contributed by atoms with Gasteiger partial charge in [-0.3, -0.25) is 13.9 Å². The van der Waals surface area contributed by atoms with Crippen molar-refractivity contribution >= 4 is 27.5 Å². The lowest BCUT2D eigenvalue weighted by Gasteiger charge is -2.34. The molecule has 8 heteroatoms. The molecule has 1 aliphatic rings. The van der Waals surface area contributed by atoms with Crippen molar-refractivity contribution in [1.29, 1.82) is 0 Å². The van der Waals surface area contributed by atoms with Crippen LogP contribution in [0.4, 0.5) is 5.69 Å². The molecule has 228 valence electrons. The predicted molar refractivity (Wildman–Crippen MR) is 173 cm³/mol. The Labute approximate surface area is 260 Å². The molecule has 2 amide bonds. The Kier molecular flexibility index (Phi) is 10.1. The first-order valence-electron chi connectivity index (χ1n) is 15.1. The molecule has 44 heavy (non-hydrogen) atoms. The fourth-order valence-electron chi connectivity index (χ4n) is 5.66. The Morgan fingerprint density at radius 3 is 1.91 bits per heavy atom. The molecule has 1 fully saturated rings. The first kappa shape index (κ1) is 31.0. The van der Waals surface area contributed by atoms with E-state index in [1.165, 1.54) is 12.1 Å². The summed E-state index contributed by atoms with van der Waals surface area (Å²) in [5.41, 5.74) is 3.11. The molecule has 0 aliphatic heterocycles. The number of nitrogens with zero attached hydrogens (tertiary/aromatic N) is 2. The summed E-state index contributed by atoms with van der Waals surface area (Å²) in [5.74, 6) is -0.686. The fraction of sp³-hybridized carbons (Fsp3) is 0.278. The number of nitrogens with one attached hydrogen (secondary N) is 1. The van der Waals surface area contributed by atoms with Crippen molar-refractivity contribution in [2.24, 2.45) is 0 Å². The second-order valence-corrected chi connectivity index (χ2v) is 13.2. The minimum absolute atomic E-state index is 0.0666. The molecule has 0 unspecified atom stereocenters. The molecule has 1 atom stereocenters. The van der Waals surface area contributed by atoms with E-state index in [1.807, 2.05) is 79.7 Å². The van der Waals surface area contributed by atoms with Gasteiger partial charge in [0.25, 0.3) is 10.0 Å². The van der Waals surface area contributed by atoms with Crippen molar-refractivity contribution in [2.45, 2.75) is 62.6 Å². The lowest BCUT2D eigenvalue weighted by atomic mass is 10.0. The lowest BCUT2D eigenvalue weighted by molar-refractivity contribution is -0.140. The Morgan fingerprint density at radius 2 is 1.32 bits per heavy atom. The largest absolute Gasteiger partial charge is 0.352 e. The lowest BCUT2D eigenvalue weighted by Crippen LogP contribution is -2.54. The summed E-state index contributed by atoms with van der Waals surface area (Å²) in [6.07, 6.45) is 4.24. The molecular weight excluding hydrogens is 570 g/mol. The van der Waals surface area contributed by atoms with Crippen LogP contribution in [-0.2, 0) is 32.6 Å². The quantitative estimate of drug-likeness (QED) is 0.217. The zero-order valence-corrected chi connectivity index (χ0v) is 25.8. The predicted octanol–water partition coefficient (Wildman–Crippen LogP) is 5.89. The molecule has 1 saturated carbocycles. The van der Waals surface area contributed by atoms with Crippen LogP contribution in [0.15, 0.2) is 120 Å². The third-order valence-corrected chi connectivity index (χ3v) is 9.89. The molecular formula is C36H39N3O4S. The molecule has 0 saturated heterocycles. The first-order valence-corrected chi connectivity index (χ1v) is 16.6. The molecule has 0 aromatic heterocycles. The van der Waals surface area contributed by atoms with Crippen LogP contribution in [0.3, 0.4) is 0 Å². The molecule has 0 spiro atoms. The summed E-state index contributed by atoms with van der Waals surface area (Å²) in [7, 11) is -4.11. The van der Waals surface area contributed by atoms with E-state index in [1.54, 1.807) is 35.2 Å². The smallest absolute Gasteiger partial charge is 0.264 e. The van der Waals surface area contributed by atoms with Gasteiger partial charge in [0.1, 0.15) is 12.6 Å². The Bertz CT molecular complexity index is 1620. The normalized spacial score (nSPS) is 14.1. The monoisotopic (exact) mass is 609 g/mol. The maximum absolute atomic E-state index is 14.5. The number of aryl methyl sites for hydroxylation is 1. The molecule has 4 aromatic carbocycles. The van der Waals surface area contributed by atoms with Gasteiger partial charge in [-0.2, -0.15) is 0 Å². The number of sulfonamides is 1. The molecule has 0 bridgehead atoms. The average molecular weight is 610 g/mol. The summed E-state index contributed by atoms with van der Waals surface area (Å²) in [6.45, 7) is 1.61. The number of carbonyl (C=O) groups excluding carboxylic acids is 2. The van der Waals surface area contributed by atoms with Crippen LogP contribution in [0.5, 0.6) is 0 Å².